The second-order valence-electron chi connectivity index (χ2n) is 7.15. The number of carbonyl (C=O) groups is 1. The van der Waals surface area contributed by atoms with Gasteiger partial charge in [-0.05, 0) is 31.2 Å². The van der Waals surface area contributed by atoms with Gasteiger partial charge < -0.3 is 23.4 Å². The van der Waals surface area contributed by atoms with Crippen molar-refractivity contribution in [3.8, 4) is 23.5 Å². The predicted molar refractivity (Wildman–Crippen MR) is 109 cm³/mol. The van der Waals surface area contributed by atoms with Crippen LogP contribution >= 0.6 is 0 Å². The number of aromatic nitrogens is 1. The third-order valence-corrected chi connectivity index (χ3v) is 5.00. The number of rotatable bonds is 5. The van der Waals surface area contributed by atoms with Crippen LogP contribution in [-0.2, 0) is 11.4 Å². The van der Waals surface area contributed by atoms with Crippen LogP contribution in [0.5, 0.6) is 5.75 Å². The quantitative estimate of drug-likeness (QED) is 0.641. The van der Waals surface area contributed by atoms with Gasteiger partial charge in [0.15, 0.2) is 5.76 Å². The average Bonchev–Trinajstić information content (AvgIpc) is 3.40. The number of ether oxygens (including phenoxy) is 1. The molecule has 8 heteroatoms. The standard InChI is InChI=1S/C22H22N4O4/c1-15-3-5-17(6-4-15)28-14-18-7-8-20(29-18)21-24-19(13-23)22(30-21)26-11-9-25(10-12-26)16(2)27/h3-8H,9-12,14H2,1-2H3. The maximum atomic E-state index is 11.5. The van der Waals surface area contributed by atoms with Crippen LogP contribution in [0.15, 0.2) is 45.2 Å². The number of anilines is 1. The summed E-state index contributed by atoms with van der Waals surface area (Å²) in [5.74, 6) is 2.51. The molecule has 2 aromatic heterocycles. The summed E-state index contributed by atoms with van der Waals surface area (Å²) in [5, 5.41) is 9.47. The fraction of sp³-hybridized carbons (Fsp3) is 0.318. The van der Waals surface area contributed by atoms with Gasteiger partial charge in [-0.25, -0.2) is 0 Å². The van der Waals surface area contributed by atoms with E-state index < -0.39 is 0 Å². The summed E-state index contributed by atoms with van der Waals surface area (Å²) in [6.07, 6.45) is 0. The number of carbonyl (C=O) groups excluding carboxylic acids is 1. The third kappa shape index (κ3) is 4.15. The number of nitriles is 1. The minimum absolute atomic E-state index is 0.0457. The van der Waals surface area contributed by atoms with Crippen molar-refractivity contribution in [1.29, 1.82) is 5.26 Å². The predicted octanol–water partition coefficient (Wildman–Crippen LogP) is 3.36. The number of amides is 1. The molecule has 0 saturated carbocycles. The molecule has 0 radical (unpaired) electrons. The van der Waals surface area contributed by atoms with E-state index in [4.69, 9.17) is 13.6 Å². The maximum Gasteiger partial charge on any atom is 0.266 e. The molecule has 0 atom stereocenters. The number of oxazole rings is 1. The highest BCUT2D eigenvalue weighted by Gasteiger charge is 2.26. The Balaban J connectivity index is 1.45. The van der Waals surface area contributed by atoms with Crippen molar-refractivity contribution in [2.24, 2.45) is 0 Å². The number of nitrogens with zero attached hydrogens (tertiary/aromatic N) is 4. The van der Waals surface area contributed by atoms with Gasteiger partial charge in [0.05, 0.1) is 0 Å². The van der Waals surface area contributed by atoms with Gasteiger partial charge in [-0.15, -0.1) is 0 Å². The van der Waals surface area contributed by atoms with Gasteiger partial charge >= 0.3 is 0 Å². The highest BCUT2D eigenvalue weighted by Crippen LogP contribution is 2.30. The fourth-order valence-corrected chi connectivity index (χ4v) is 3.29. The summed E-state index contributed by atoms with van der Waals surface area (Å²) in [6.45, 7) is 6.17. The minimum atomic E-state index is 0.0457. The molecular weight excluding hydrogens is 384 g/mol. The van der Waals surface area contributed by atoms with E-state index in [0.29, 0.717) is 43.6 Å². The lowest BCUT2D eigenvalue weighted by Gasteiger charge is -2.33. The van der Waals surface area contributed by atoms with Gasteiger partial charge in [-0.2, -0.15) is 10.2 Å². The Labute approximate surface area is 174 Å². The lowest BCUT2D eigenvalue weighted by molar-refractivity contribution is -0.129. The molecule has 0 aliphatic carbocycles. The molecule has 3 aromatic rings. The molecule has 0 spiro atoms. The molecule has 1 amide bonds. The molecule has 4 rings (SSSR count). The van der Waals surface area contributed by atoms with Crippen molar-refractivity contribution >= 4 is 11.8 Å². The molecule has 154 valence electrons. The molecule has 1 aliphatic heterocycles. The van der Waals surface area contributed by atoms with Crippen molar-refractivity contribution in [1.82, 2.24) is 9.88 Å². The molecule has 0 bridgehead atoms. The van der Waals surface area contributed by atoms with Crippen molar-refractivity contribution in [2.45, 2.75) is 20.5 Å². The van der Waals surface area contributed by atoms with Crippen molar-refractivity contribution < 1.29 is 18.4 Å². The molecule has 3 heterocycles. The Kier molecular flexibility index (Phi) is 5.44. The van der Waals surface area contributed by atoms with Gasteiger partial charge in [0.1, 0.15) is 24.2 Å². The second kappa shape index (κ2) is 8.33. The molecular formula is C22H22N4O4. The molecule has 30 heavy (non-hydrogen) atoms. The first kappa shape index (κ1) is 19.6. The van der Waals surface area contributed by atoms with E-state index in [0.717, 1.165) is 5.75 Å². The Hall–Kier alpha value is -3.73. The third-order valence-electron chi connectivity index (χ3n) is 5.00. The number of aryl methyl sites for hydroxylation is 1. The molecule has 1 aliphatic rings. The first-order valence-corrected chi connectivity index (χ1v) is 9.73. The van der Waals surface area contributed by atoms with Crippen LogP contribution < -0.4 is 9.64 Å². The van der Waals surface area contributed by atoms with Crippen molar-refractivity contribution in [3.63, 3.8) is 0 Å². The lowest BCUT2D eigenvalue weighted by Crippen LogP contribution is -2.48. The average molecular weight is 406 g/mol. The van der Waals surface area contributed by atoms with Gasteiger partial charge in [0.2, 0.25) is 17.5 Å². The molecule has 8 nitrogen and oxygen atoms in total. The van der Waals surface area contributed by atoms with Crippen LogP contribution in [0.25, 0.3) is 11.7 Å². The molecule has 0 unspecified atom stereocenters. The second-order valence-corrected chi connectivity index (χ2v) is 7.15. The van der Waals surface area contributed by atoms with Crippen LogP contribution in [-0.4, -0.2) is 42.0 Å². The maximum absolute atomic E-state index is 11.5. The zero-order valence-electron chi connectivity index (χ0n) is 16.9. The van der Waals surface area contributed by atoms with Crippen LogP contribution in [0, 0.1) is 18.3 Å². The van der Waals surface area contributed by atoms with Gasteiger partial charge in [0.25, 0.3) is 5.89 Å². The van der Waals surface area contributed by atoms with E-state index in [9.17, 15) is 10.1 Å². The number of hydrogen-bond acceptors (Lipinski definition) is 7. The monoisotopic (exact) mass is 406 g/mol. The van der Waals surface area contributed by atoms with Gasteiger partial charge in [-0.3, -0.25) is 4.79 Å². The smallest absolute Gasteiger partial charge is 0.266 e. The summed E-state index contributed by atoms with van der Waals surface area (Å²) in [6, 6.07) is 13.4. The number of benzene rings is 1. The zero-order chi connectivity index (χ0) is 21.1. The summed E-state index contributed by atoms with van der Waals surface area (Å²) in [5.41, 5.74) is 1.37. The highest BCUT2D eigenvalue weighted by molar-refractivity contribution is 5.73. The Morgan fingerprint density at radius 1 is 1.13 bits per heavy atom. The lowest BCUT2D eigenvalue weighted by atomic mass is 10.2. The molecule has 1 aromatic carbocycles. The van der Waals surface area contributed by atoms with E-state index in [2.05, 4.69) is 11.1 Å². The van der Waals surface area contributed by atoms with E-state index >= 15 is 0 Å². The first-order chi connectivity index (χ1) is 14.5. The Bertz CT molecular complexity index is 1070. The SMILES string of the molecule is CC(=O)N1CCN(c2oc(-c3ccc(COc4ccc(C)cc4)o3)nc2C#N)CC1. The minimum Gasteiger partial charge on any atom is -0.486 e. The van der Waals surface area contributed by atoms with Crippen LogP contribution in [0.2, 0.25) is 0 Å². The number of furan rings is 1. The van der Waals surface area contributed by atoms with E-state index in [1.807, 2.05) is 36.1 Å². The summed E-state index contributed by atoms with van der Waals surface area (Å²) in [7, 11) is 0. The van der Waals surface area contributed by atoms with Crippen LogP contribution in [0.1, 0.15) is 23.9 Å². The normalized spacial score (nSPS) is 13.9. The molecule has 1 fully saturated rings. The summed E-state index contributed by atoms with van der Waals surface area (Å²) in [4.78, 5) is 19.5. The number of hydrogen-bond donors (Lipinski definition) is 0. The van der Waals surface area contributed by atoms with Crippen molar-refractivity contribution in [2.75, 3.05) is 31.1 Å². The fourth-order valence-electron chi connectivity index (χ4n) is 3.29. The van der Waals surface area contributed by atoms with E-state index in [1.54, 1.807) is 24.0 Å². The van der Waals surface area contributed by atoms with Crippen LogP contribution in [0.3, 0.4) is 0 Å². The largest absolute Gasteiger partial charge is 0.486 e. The van der Waals surface area contributed by atoms with Gasteiger partial charge in [-0.1, -0.05) is 17.7 Å². The van der Waals surface area contributed by atoms with Gasteiger partial charge in [0, 0.05) is 33.1 Å². The van der Waals surface area contributed by atoms with E-state index in [1.165, 1.54) is 5.56 Å². The number of piperazine rings is 1. The molecule has 0 N–H and O–H groups in total. The molecule has 1 saturated heterocycles. The summed E-state index contributed by atoms with van der Waals surface area (Å²) < 4.78 is 17.4. The highest BCUT2D eigenvalue weighted by atomic mass is 16.5. The van der Waals surface area contributed by atoms with Crippen molar-refractivity contribution in [3.05, 3.63) is 53.4 Å². The zero-order valence-corrected chi connectivity index (χ0v) is 16.9. The Morgan fingerprint density at radius 3 is 2.53 bits per heavy atom. The topological polar surface area (TPSA) is 95.7 Å². The van der Waals surface area contributed by atoms with Crippen LogP contribution in [0.4, 0.5) is 5.88 Å². The van der Waals surface area contributed by atoms with E-state index in [-0.39, 0.29) is 24.1 Å². The summed E-state index contributed by atoms with van der Waals surface area (Å²) >= 11 is 0. The first-order valence-electron chi connectivity index (χ1n) is 9.73. The Morgan fingerprint density at radius 2 is 1.87 bits per heavy atom.